The third-order valence-electron chi connectivity index (χ3n) is 4.27. The smallest absolute Gasteiger partial charge is 0.139 e. The fraction of sp³-hybridized carbons (Fsp3) is 0.923. The van der Waals surface area contributed by atoms with Crippen LogP contribution < -0.4 is 5.73 Å². The highest BCUT2D eigenvalue weighted by Crippen LogP contribution is 2.49. The predicted molar refractivity (Wildman–Crippen MR) is 69.1 cm³/mol. The van der Waals surface area contributed by atoms with Gasteiger partial charge in [-0.15, -0.1) is 0 Å². The monoisotopic (exact) mass is 239 g/mol. The van der Waals surface area contributed by atoms with Crippen molar-refractivity contribution in [3.05, 3.63) is 0 Å². The van der Waals surface area contributed by atoms with Crippen molar-refractivity contribution in [3.63, 3.8) is 0 Å². The number of nitrogens with two attached hydrogens (primary N) is 1. The summed E-state index contributed by atoms with van der Waals surface area (Å²) in [4.78, 5) is 2.58. The van der Waals surface area contributed by atoms with Crippen LogP contribution >= 0.6 is 0 Å². The maximum absolute atomic E-state index is 8.65. The number of oxime groups is 1. The van der Waals surface area contributed by atoms with Gasteiger partial charge < -0.3 is 15.8 Å². The normalized spacial score (nSPS) is 28.5. The van der Waals surface area contributed by atoms with E-state index in [2.05, 4.69) is 17.0 Å². The van der Waals surface area contributed by atoms with E-state index in [1.54, 1.807) is 0 Å². The molecule has 0 spiro atoms. The topological polar surface area (TPSA) is 61.8 Å². The van der Waals surface area contributed by atoms with Crippen molar-refractivity contribution in [2.45, 2.75) is 45.4 Å². The Kier molecular flexibility index (Phi) is 3.92. The molecule has 2 rings (SSSR count). The van der Waals surface area contributed by atoms with E-state index in [0.29, 0.717) is 11.3 Å². The van der Waals surface area contributed by atoms with Gasteiger partial charge in [-0.05, 0) is 43.6 Å². The molecular formula is C13H25N3O. The predicted octanol–water partition coefficient (Wildman–Crippen LogP) is 2.03. The molecule has 4 heteroatoms. The average Bonchev–Trinajstić information content (AvgIpc) is 2.90. The molecule has 3 N–H and O–H groups in total. The van der Waals surface area contributed by atoms with Crippen molar-refractivity contribution >= 4 is 5.84 Å². The van der Waals surface area contributed by atoms with Gasteiger partial charge in [-0.2, -0.15) is 0 Å². The van der Waals surface area contributed by atoms with Crippen LogP contribution in [-0.4, -0.2) is 35.6 Å². The van der Waals surface area contributed by atoms with Gasteiger partial charge in [0, 0.05) is 19.5 Å². The van der Waals surface area contributed by atoms with Gasteiger partial charge in [-0.1, -0.05) is 18.5 Å². The lowest BCUT2D eigenvalue weighted by Crippen LogP contribution is -2.31. The molecule has 0 bridgehead atoms. The Labute approximate surface area is 104 Å². The minimum atomic E-state index is 0.331. The first kappa shape index (κ1) is 12.7. The van der Waals surface area contributed by atoms with E-state index in [9.17, 15) is 0 Å². The Bertz CT molecular complexity index is 286. The summed E-state index contributed by atoms with van der Waals surface area (Å²) in [5.74, 6) is 1.30. The molecule has 0 aromatic carbocycles. The average molecular weight is 239 g/mol. The highest BCUT2D eigenvalue weighted by Gasteiger charge is 2.45. The number of amidine groups is 1. The second-order valence-corrected chi connectivity index (χ2v) is 5.95. The molecular weight excluding hydrogens is 214 g/mol. The lowest BCUT2D eigenvalue weighted by Gasteiger charge is -2.23. The summed E-state index contributed by atoms with van der Waals surface area (Å²) in [6, 6.07) is 0. The zero-order chi connectivity index (χ0) is 12.3. The second-order valence-electron chi connectivity index (χ2n) is 5.95. The molecule has 1 unspecified atom stereocenters. The van der Waals surface area contributed by atoms with E-state index < -0.39 is 0 Å². The first-order valence-electron chi connectivity index (χ1n) is 6.86. The Balaban J connectivity index is 1.78. The van der Waals surface area contributed by atoms with Crippen LogP contribution in [0, 0.1) is 11.3 Å². The molecule has 2 aliphatic rings. The molecule has 0 aromatic heterocycles. The molecule has 0 amide bonds. The van der Waals surface area contributed by atoms with Gasteiger partial charge in [0.25, 0.3) is 0 Å². The first-order chi connectivity index (χ1) is 8.17. The largest absolute Gasteiger partial charge is 0.409 e. The van der Waals surface area contributed by atoms with Crippen molar-refractivity contribution in [2.75, 3.05) is 19.6 Å². The van der Waals surface area contributed by atoms with Crippen molar-refractivity contribution in [2.24, 2.45) is 22.2 Å². The van der Waals surface area contributed by atoms with E-state index in [-0.39, 0.29) is 0 Å². The van der Waals surface area contributed by atoms with Crippen molar-refractivity contribution in [1.82, 2.24) is 4.90 Å². The molecule has 1 atom stereocenters. The molecule has 98 valence electrons. The molecule has 1 heterocycles. The molecule has 0 radical (unpaired) electrons. The van der Waals surface area contributed by atoms with Gasteiger partial charge in [0.05, 0.1) is 0 Å². The maximum Gasteiger partial charge on any atom is 0.139 e. The van der Waals surface area contributed by atoms with Gasteiger partial charge in [0.2, 0.25) is 0 Å². The molecule has 1 aliphatic heterocycles. The zero-order valence-corrected chi connectivity index (χ0v) is 10.9. The fourth-order valence-corrected chi connectivity index (χ4v) is 3.16. The lowest BCUT2D eigenvalue weighted by molar-refractivity contribution is 0.254. The molecule has 2 fully saturated rings. The number of likely N-dealkylation sites (tertiary alicyclic amines) is 1. The van der Waals surface area contributed by atoms with Crippen LogP contribution in [0.4, 0.5) is 0 Å². The summed E-state index contributed by atoms with van der Waals surface area (Å²) >= 11 is 0. The van der Waals surface area contributed by atoms with Gasteiger partial charge in [-0.3, -0.25) is 0 Å². The van der Waals surface area contributed by atoms with Crippen molar-refractivity contribution in [1.29, 1.82) is 0 Å². The van der Waals surface area contributed by atoms with E-state index in [1.807, 2.05) is 0 Å². The van der Waals surface area contributed by atoms with Crippen LogP contribution in [0.3, 0.4) is 0 Å². The van der Waals surface area contributed by atoms with Crippen LogP contribution in [0.2, 0.25) is 0 Å². The Morgan fingerprint density at radius 1 is 1.53 bits per heavy atom. The Morgan fingerprint density at radius 3 is 2.88 bits per heavy atom. The zero-order valence-electron chi connectivity index (χ0n) is 10.9. The Morgan fingerprint density at radius 2 is 2.29 bits per heavy atom. The van der Waals surface area contributed by atoms with Gasteiger partial charge >= 0.3 is 0 Å². The summed E-state index contributed by atoms with van der Waals surface area (Å²) in [5.41, 5.74) is 5.96. The fourth-order valence-electron chi connectivity index (χ4n) is 3.16. The number of hydrogen-bond acceptors (Lipinski definition) is 3. The standard InChI is InChI=1S/C13H25N3O/c1-2-3-11-4-7-16(9-11)10-13(5-6-13)8-12(14)15-17/h11,17H,2-10H2,1H3,(H2,14,15). The highest BCUT2D eigenvalue weighted by molar-refractivity contribution is 5.80. The van der Waals surface area contributed by atoms with E-state index in [1.165, 1.54) is 45.2 Å². The highest BCUT2D eigenvalue weighted by atomic mass is 16.4. The van der Waals surface area contributed by atoms with Crippen LogP contribution in [0.1, 0.15) is 45.4 Å². The number of nitrogens with zero attached hydrogens (tertiary/aromatic N) is 2. The summed E-state index contributed by atoms with van der Waals surface area (Å²) in [5, 5.41) is 11.8. The van der Waals surface area contributed by atoms with Crippen molar-refractivity contribution < 1.29 is 5.21 Å². The first-order valence-corrected chi connectivity index (χ1v) is 6.86. The van der Waals surface area contributed by atoms with E-state index >= 15 is 0 Å². The minimum absolute atomic E-state index is 0.331. The molecule has 0 aromatic rings. The molecule has 1 aliphatic carbocycles. The molecule has 17 heavy (non-hydrogen) atoms. The quantitative estimate of drug-likeness (QED) is 0.323. The van der Waals surface area contributed by atoms with Gasteiger partial charge in [-0.25, -0.2) is 0 Å². The lowest BCUT2D eigenvalue weighted by atomic mass is 10.0. The summed E-state index contributed by atoms with van der Waals surface area (Å²) in [7, 11) is 0. The number of rotatable bonds is 6. The van der Waals surface area contributed by atoms with Crippen LogP contribution in [0.15, 0.2) is 5.16 Å². The van der Waals surface area contributed by atoms with Crippen LogP contribution in [0.5, 0.6) is 0 Å². The minimum Gasteiger partial charge on any atom is -0.409 e. The van der Waals surface area contributed by atoms with Gasteiger partial charge in [0.15, 0.2) is 0 Å². The summed E-state index contributed by atoms with van der Waals surface area (Å²) in [6.45, 7) is 5.90. The van der Waals surface area contributed by atoms with Crippen molar-refractivity contribution in [3.8, 4) is 0 Å². The van der Waals surface area contributed by atoms with E-state index in [0.717, 1.165) is 18.9 Å². The maximum atomic E-state index is 8.65. The van der Waals surface area contributed by atoms with E-state index in [4.69, 9.17) is 10.9 Å². The van der Waals surface area contributed by atoms with Crippen LogP contribution in [0.25, 0.3) is 0 Å². The second kappa shape index (κ2) is 5.25. The molecule has 4 nitrogen and oxygen atoms in total. The molecule has 1 saturated heterocycles. The summed E-state index contributed by atoms with van der Waals surface area (Å²) in [6.07, 6.45) is 7.25. The molecule has 1 saturated carbocycles. The third-order valence-corrected chi connectivity index (χ3v) is 4.27. The summed E-state index contributed by atoms with van der Waals surface area (Å²) < 4.78 is 0. The SMILES string of the molecule is CCCC1CCN(CC2(CC(N)=NO)CC2)C1. The Hall–Kier alpha value is -0.770. The number of hydrogen-bond donors (Lipinski definition) is 2. The third kappa shape index (κ3) is 3.35. The van der Waals surface area contributed by atoms with Crippen LogP contribution in [-0.2, 0) is 0 Å². The van der Waals surface area contributed by atoms with Gasteiger partial charge in [0.1, 0.15) is 5.84 Å².